The van der Waals surface area contributed by atoms with Crippen molar-refractivity contribution >= 4 is 35.0 Å². The van der Waals surface area contributed by atoms with Crippen LogP contribution in [0.25, 0.3) is 0 Å². The average Bonchev–Trinajstić information content (AvgIpc) is 2.77. The van der Waals surface area contributed by atoms with E-state index >= 15 is 0 Å². The highest BCUT2D eigenvalue weighted by molar-refractivity contribution is 6.36. The molecule has 5 nitrogen and oxygen atoms in total. The zero-order valence-electron chi connectivity index (χ0n) is 21.0. The Bertz CT molecular complexity index is 949. The fourth-order valence-electron chi connectivity index (χ4n) is 3.47. The summed E-state index contributed by atoms with van der Waals surface area (Å²) in [5.74, 6) is 0.363. The van der Waals surface area contributed by atoms with E-state index in [2.05, 4.69) is 26.1 Å². The zero-order chi connectivity index (χ0) is 25.5. The highest BCUT2D eigenvalue weighted by atomic mass is 35.5. The Balaban J connectivity index is 2.24. The summed E-state index contributed by atoms with van der Waals surface area (Å²) in [4.78, 5) is 27.8. The molecule has 2 rings (SSSR count). The molecule has 7 heteroatoms. The maximum Gasteiger partial charge on any atom is 0.261 e. The number of benzene rings is 2. The van der Waals surface area contributed by atoms with Gasteiger partial charge >= 0.3 is 0 Å². The predicted octanol–water partition coefficient (Wildman–Crippen LogP) is 6.25. The van der Waals surface area contributed by atoms with Gasteiger partial charge in [-0.15, -0.1) is 0 Å². The number of nitrogens with one attached hydrogen (secondary N) is 1. The molecule has 0 spiro atoms. The van der Waals surface area contributed by atoms with Crippen LogP contribution in [0.5, 0.6) is 5.75 Å². The largest absolute Gasteiger partial charge is 0.484 e. The molecular formula is C27H36Cl2N2O3. The van der Waals surface area contributed by atoms with Crippen LogP contribution in [0.15, 0.2) is 42.5 Å². The lowest BCUT2D eigenvalue weighted by Crippen LogP contribution is -2.50. The van der Waals surface area contributed by atoms with Crippen LogP contribution in [-0.4, -0.2) is 35.9 Å². The van der Waals surface area contributed by atoms with Gasteiger partial charge in [-0.1, -0.05) is 82.9 Å². The van der Waals surface area contributed by atoms with Gasteiger partial charge in [0.25, 0.3) is 5.91 Å². The molecule has 2 aromatic rings. The van der Waals surface area contributed by atoms with Gasteiger partial charge in [-0.2, -0.15) is 0 Å². The van der Waals surface area contributed by atoms with Crippen molar-refractivity contribution in [1.29, 1.82) is 0 Å². The molecule has 0 aromatic heterocycles. The number of hydrogen-bond acceptors (Lipinski definition) is 3. The molecule has 2 aromatic carbocycles. The first-order valence-electron chi connectivity index (χ1n) is 11.7. The molecule has 0 saturated heterocycles. The molecule has 0 bridgehead atoms. The van der Waals surface area contributed by atoms with Crippen molar-refractivity contribution in [2.45, 2.75) is 66.0 Å². The number of carbonyl (C=O) groups is 2. The summed E-state index contributed by atoms with van der Waals surface area (Å²) in [7, 11) is 0. The normalized spacial score (nSPS) is 12.4. The summed E-state index contributed by atoms with van der Waals surface area (Å²) in [5, 5.41) is 3.83. The number of amides is 2. The van der Waals surface area contributed by atoms with Crippen LogP contribution in [0.4, 0.5) is 0 Å². The van der Waals surface area contributed by atoms with E-state index < -0.39 is 6.04 Å². The molecule has 186 valence electrons. The van der Waals surface area contributed by atoms with E-state index in [0.29, 0.717) is 40.2 Å². The van der Waals surface area contributed by atoms with Crippen LogP contribution in [0.2, 0.25) is 10.0 Å². The third-order valence-corrected chi connectivity index (χ3v) is 6.25. The van der Waals surface area contributed by atoms with Crippen molar-refractivity contribution in [1.82, 2.24) is 10.2 Å². The quantitative estimate of drug-likeness (QED) is 0.414. The van der Waals surface area contributed by atoms with Crippen molar-refractivity contribution in [3.05, 3.63) is 63.6 Å². The van der Waals surface area contributed by atoms with Crippen LogP contribution >= 0.6 is 23.2 Å². The van der Waals surface area contributed by atoms with Crippen LogP contribution < -0.4 is 10.1 Å². The van der Waals surface area contributed by atoms with Gasteiger partial charge in [0.1, 0.15) is 11.8 Å². The topological polar surface area (TPSA) is 58.6 Å². The van der Waals surface area contributed by atoms with E-state index in [1.807, 2.05) is 45.0 Å². The monoisotopic (exact) mass is 506 g/mol. The van der Waals surface area contributed by atoms with Crippen molar-refractivity contribution in [3.8, 4) is 5.75 Å². The minimum Gasteiger partial charge on any atom is -0.484 e. The maximum absolute atomic E-state index is 13.3. The summed E-state index contributed by atoms with van der Waals surface area (Å²) in [6.07, 6.45) is 0.442. The lowest BCUT2D eigenvalue weighted by Gasteiger charge is -2.31. The fourth-order valence-corrected chi connectivity index (χ4v) is 3.99. The maximum atomic E-state index is 13.3. The number of carbonyl (C=O) groups excluding carboxylic acids is 2. The fraction of sp³-hybridized carbons (Fsp3) is 0.481. The zero-order valence-corrected chi connectivity index (χ0v) is 22.5. The van der Waals surface area contributed by atoms with Crippen molar-refractivity contribution in [2.75, 3.05) is 13.2 Å². The second-order valence-corrected chi connectivity index (χ2v) is 10.7. The molecule has 0 aliphatic rings. The lowest BCUT2D eigenvalue weighted by molar-refractivity contribution is -0.143. The van der Waals surface area contributed by atoms with Crippen molar-refractivity contribution in [3.63, 3.8) is 0 Å². The van der Waals surface area contributed by atoms with E-state index in [1.54, 1.807) is 18.2 Å². The van der Waals surface area contributed by atoms with Crippen LogP contribution in [-0.2, 0) is 21.5 Å². The molecule has 2 amide bonds. The summed E-state index contributed by atoms with van der Waals surface area (Å²) >= 11 is 12.8. The standard InChI is InChI=1S/C27H36Cl2N2O3/c1-7-24(26(33)30-15-18(2)3)31(16-21-22(28)9-8-10-23(21)29)25(32)17-34-20-13-11-19(12-14-20)27(4,5)6/h8-14,18,24H,7,15-17H2,1-6H3,(H,30,33)/t24-/m1/s1. The van der Waals surface area contributed by atoms with E-state index in [4.69, 9.17) is 27.9 Å². The first-order chi connectivity index (χ1) is 15.9. The minimum absolute atomic E-state index is 0.0249. The summed E-state index contributed by atoms with van der Waals surface area (Å²) in [6.45, 7) is 12.8. The molecule has 0 aliphatic heterocycles. The predicted molar refractivity (Wildman–Crippen MR) is 140 cm³/mol. The van der Waals surface area contributed by atoms with E-state index in [9.17, 15) is 9.59 Å². The second-order valence-electron chi connectivity index (χ2n) is 9.85. The minimum atomic E-state index is -0.676. The van der Waals surface area contributed by atoms with Gasteiger partial charge < -0.3 is 15.0 Å². The van der Waals surface area contributed by atoms with Crippen LogP contribution in [0.3, 0.4) is 0 Å². The Kier molecular flexibility index (Phi) is 10.3. The Labute approximate surface area is 213 Å². The molecule has 0 aliphatic carbocycles. The number of hydrogen-bond donors (Lipinski definition) is 1. The summed E-state index contributed by atoms with van der Waals surface area (Å²) < 4.78 is 5.80. The Morgan fingerprint density at radius 3 is 2.12 bits per heavy atom. The van der Waals surface area contributed by atoms with Crippen molar-refractivity contribution in [2.24, 2.45) is 5.92 Å². The number of ether oxygens (including phenoxy) is 1. The van der Waals surface area contributed by atoms with Gasteiger partial charge in [0.05, 0.1) is 0 Å². The Morgan fingerprint density at radius 2 is 1.62 bits per heavy atom. The summed E-state index contributed by atoms with van der Waals surface area (Å²) in [5.41, 5.74) is 1.80. The SMILES string of the molecule is CC[C@H](C(=O)NCC(C)C)N(Cc1c(Cl)cccc1Cl)C(=O)COc1ccc(C(C)(C)C)cc1. The van der Waals surface area contributed by atoms with Gasteiger partial charge in [0, 0.05) is 28.7 Å². The van der Waals surface area contributed by atoms with Crippen LogP contribution in [0.1, 0.15) is 59.1 Å². The molecule has 0 radical (unpaired) electrons. The smallest absolute Gasteiger partial charge is 0.261 e. The first-order valence-corrected chi connectivity index (χ1v) is 12.4. The molecule has 0 heterocycles. The molecule has 0 fully saturated rings. The lowest BCUT2D eigenvalue weighted by atomic mass is 9.87. The molecular weight excluding hydrogens is 471 g/mol. The molecule has 0 saturated carbocycles. The van der Waals surface area contributed by atoms with E-state index in [0.717, 1.165) is 0 Å². The van der Waals surface area contributed by atoms with Crippen molar-refractivity contribution < 1.29 is 14.3 Å². The third-order valence-electron chi connectivity index (χ3n) is 5.54. The highest BCUT2D eigenvalue weighted by Gasteiger charge is 2.30. The summed E-state index contributed by atoms with van der Waals surface area (Å²) in [6, 6.07) is 12.2. The van der Waals surface area contributed by atoms with Gasteiger partial charge in [0.15, 0.2) is 6.61 Å². The number of rotatable bonds is 10. The van der Waals surface area contributed by atoms with Gasteiger partial charge in [-0.3, -0.25) is 9.59 Å². The highest BCUT2D eigenvalue weighted by Crippen LogP contribution is 2.27. The average molecular weight is 508 g/mol. The number of halogens is 2. The van der Waals surface area contributed by atoms with E-state index in [-0.39, 0.29) is 30.4 Å². The van der Waals surface area contributed by atoms with Gasteiger partial charge in [-0.05, 0) is 47.6 Å². The molecule has 0 unspecified atom stereocenters. The molecule has 1 atom stereocenters. The van der Waals surface area contributed by atoms with Gasteiger partial charge in [0.2, 0.25) is 5.91 Å². The second kappa shape index (κ2) is 12.5. The third kappa shape index (κ3) is 7.92. The van der Waals surface area contributed by atoms with E-state index in [1.165, 1.54) is 10.5 Å². The van der Waals surface area contributed by atoms with Gasteiger partial charge in [-0.25, -0.2) is 0 Å². The number of nitrogens with zero attached hydrogens (tertiary/aromatic N) is 1. The Morgan fingerprint density at radius 1 is 1.03 bits per heavy atom. The molecule has 34 heavy (non-hydrogen) atoms. The Hall–Kier alpha value is -2.24. The first kappa shape index (κ1) is 28.0. The molecule has 1 N–H and O–H groups in total. The van der Waals surface area contributed by atoms with Crippen LogP contribution in [0, 0.1) is 5.92 Å².